The first kappa shape index (κ1) is 18.0. The van der Waals surface area contributed by atoms with E-state index in [1.54, 1.807) is 24.3 Å². The fourth-order valence-corrected chi connectivity index (χ4v) is 2.56. The van der Waals surface area contributed by atoms with Crippen LogP contribution in [0.4, 0.5) is 10.1 Å². The molecule has 0 aromatic heterocycles. The number of carbonyl (C=O) groups is 2. The molecule has 1 heterocycles. The molecule has 1 atom stereocenters. The Kier molecular flexibility index (Phi) is 5.93. The minimum atomic E-state index is -0.357. The van der Waals surface area contributed by atoms with Gasteiger partial charge in [0.1, 0.15) is 11.9 Å². The summed E-state index contributed by atoms with van der Waals surface area (Å²) in [5.41, 5.74) is 1.88. The van der Waals surface area contributed by atoms with Crippen LogP contribution in [0.25, 0.3) is 0 Å². The van der Waals surface area contributed by atoms with E-state index in [2.05, 4.69) is 16.0 Å². The van der Waals surface area contributed by atoms with Crippen molar-refractivity contribution in [3.05, 3.63) is 65.5 Å². The van der Waals surface area contributed by atoms with Gasteiger partial charge in [-0.1, -0.05) is 12.1 Å². The van der Waals surface area contributed by atoms with E-state index in [0.717, 1.165) is 5.56 Å². The first-order valence-corrected chi connectivity index (χ1v) is 8.36. The average molecular weight is 357 g/mol. The Morgan fingerprint density at radius 3 is 2.50 bits per heavy atom. The molecule has 3 rings (SSSR count). The van der Waals surface area contributed by atoms with Crippen LogP contribution in [0.1, 0.15) is 15.9 Å². The Balaban J connectivity index is 1.51. The first-order valence-electron chi connectivity index (χ1n) is 8.36. The number of rotatable bonds is 5. The van der Waals surface area contributed by atoms with Crippen LogP contribution in [-0.4, -0.2) is 37.6 Å². The van der Waals surface area contributed by atoms with Gasteiger partial charge in [-0.15, -0.1) is 0 Å². The first-order chi connectivity index (χ1) is 12.6. The molecule has 0 aliphatic carbocycles. The fraction of sp³-hybridized carbons (Fsp3) is 0.263. The SMILES string of the molecule is O=C(Nc1ccc(F)cc1)c1ccc(CNC(=O)C2COCCN2)cc1. The lowest BCUT2D eigenvalue weighted by molar-refractivity contribution is -0.126. The Morgan fingerprint density at radius 1 is 1.12 bits per heavy atom. The number of carbonyl (C=O) groups excluding carboxylic acids is 2. The smallest absolute Gasteiger partial charge is 0.255 e. The second-order valence-electron chi connectivity index (χ2n) is 5.96. The number of hydrogen-bond donors (Lipinski definition) is 3. The maximum atomic E-state index is 12.9. The summed E-state index contributed by atoms with van der Waals surface area (Å²) in [5.74, 6) is -0.747. The van der Waals surface area contributed by atoms with Crippen molar-refractivity contribution >= 4 is 17.5 Å². The van der Waals surface area contributed by atoms with Crippen molar-refractivity contribution in [2.24, 2.45) is 0 Å². The lowest BCUT2D eigenvalue weighted by atomic mass is 10.1. The predicted molar refractivity (Wildman–Crippen MR) is 95.3 cm³/mol. The summed E-state index contributed by atoms with van der Waals surface area (Å²) in [5, 5.41) is 8.64. The average Bonchev–Trinajstić information content (AvgIpc) is 2.69. The number of morpholine rings is 1. The maximum Gasteiger partial charge on any atom is 0.255 e. The maximum absolute atomic E-state index is 12.9. The molecule has 0 radical (unpaired) electrons. The van der Waals surface area contributed by atoms with E-state index in [9.17, 15) is 14.0 Å². The predicted octanol–water partition coefficient (Wildman–Crippen LogP) is 1.68. The third kappa shape index (κ3) is 4.87. The second kappa shape index (κ2) is 8.55. The molecular formula is C19H20FN3O3. The molecule has 3 N–H and O–H groups in total. The van der Waals surface area contributed by atoms with Crippen LogP contribution in [0.3, 0.4) is 0 Å². The van der Waals surface area contributed by atoms with Crippen LogP contribution in [0.15, 0.2) is 48.5 Å². The molecule has 0 spiro atoms. The zero-order valence-corrected chi connectivity index (χ0v) is 14.1. The van der Waals surface area contributed by atoms with Gasteiger partial charge in [0.15, 0.2) is 0 Å². The number of anilines is 1. The molecule has 0 saturated carbocycles. The molecule has 1 fully saturated rings. The van der Waals surface area contributed by atoms with Gasteiger partial charge in [0, 0.05) is 24.3 Å². The van der Waals surface area contributed by atoms with Gasteiger partial charge in [0.2, 0.25) is 5.91 Å². The van der Waals surface area contributed by atoms with Gasteiger partial charge < -0.3 is 20.7 Å². The van der Waals surface area contributed by atoms with E-state index in [1.165, 1.54) is 24.3 Å². The van der Waals surface area contributed by atoms with E-state index < -0.39 is 0 Å². The summed E-state index contributed by atoms with van der Waals surface area (Å²) >= 11 is 0. The molecule has 2 aromatic carbocycles. The van der Waals surface area contributed by atoms with Gasteiger partial charge >= 0.3 is 0 Å². The lowest BCUT2D eigenvalue weighted by Crippen LogP contribution is -2.51. The molecule has 1 saturated heterocycles. The van der Waals surface area contributed by atoms with Crippen LogP contribution in [-0.2, 0) is 16.1 Å². The summed E-state index contributed by atoms with van der Waals surface area (Å²) in [7, 11) is 0. The standard InChI is InChI=1S/C19H20FN3O3/c20-15-5-7-16(8-6-15)23-18(24)14-3-1-13(2-4-14)11-22-19(25)17-12-26-10-9-21-17/h1-8,17,21H,9-12H2,(H,22,25)(H,23,24). The Morgan fingerprint density at radius 2 is 1.85 bits per heavy atom. The Bertz CT molecular complexity index is 757. The van der Waals surface area contributed by atoms with Crippen LogP contribution in [0.2, 0.25) is 0 Å². The zero-order chi connectivity index (χ0) is 18.4. The van der Waals surface area contributed by atoms with Crippen molar-refractivity contribution in [3.8, 4) is 0 Å². The molecule has 7 heteroatoms. The van der Waals surface area contributed by atoms with Gasteiger partial charge in [-0.2, -0.15) is 0 Å². The van der Waals surface area contributed by atoms with Crippen molar-refractivity contribution in [3.63, 3.8) is 0 Å². The van der Waals surface area contributed by atoms with Gasteiger partial charge in [-0.05, 0) is 42.0 Å². The number of hydrogen-bond acceptors (Lipinski definition) is 4. The monoisotopic (exact) mass is 357 g/mol. The molecule has 2 aromatic rings. The highest BCUT2D eigenvalue weighted by atomic mass is 19.1. The Hall–Kier alpha value is -2.77. The van der Waals surface area contributed by atoms with E-state index in [4.69, 9.17) is 4.74 Å². The van der Waals surface area contributed by atoms with Crippen LogP contribution in [0, 0.1) is 5.82 Å². The minimum absolute atomic E-state index is 0.108. The van der Waals surface area contributed by atoms with Crippen molar-refractivity contribution in [2.75, 3.05) is 25.1 Å². The van der Waals surface area contributed by atoms with Crippen molar-refractivity contribution in [2.45, 2.75) is 12.6 Å². The molecule has 1 aliphatic rings. The normalized spacial score (nSPS) is 16.7. The van der Waals surface area contributed by atoms with Gasteiger partial charge in [-0.25, -0.2) is 4.39 Å². The van der Waals surface area contributed by atoms with E-state index in [0.29, 0.717) is 37.6 Å². The van der Waals surface area contributed by atoms with Crippen molar-refractivity contribution in [1.82, 2.24) is 10.6 Å². The van der Waals surface area contributed by atoms with Crippen LogP contribution < -0.4 is 16.0 Å². The largest absolute Gasteiger partial charge is 0.378 e. The topological polar surface area (TPSA) is 79.5 Å². The van der Waals surface area contributed by atoms with E-state index >= 15 is 0 Å². The number of halogens is 1. The van der Waals surface area contributed by atoms with Crippen molar-refractivity contribution in [1.29, 1.82) is 0 Å². The molecule has 6 nitrogen and oxygen atoms in total. The van der Waals surface area contributed by atoms with Crippen molar-refractivity contribution < 1.29 is 18.7 Å². The summed E-state index contributed by atoms with van der Waals surface area (Å²) in [6, 6.07) is 12.2. The number of ether oxygens (including phenoxy) is 1. The molecule has 1 aliphatic heterocycles. The summed E-state index contributed by atoms with van der Waals surface area (Å²) < 4.78 is 18.2. The van der Waals surface area contributed by atoms with Crippen LogP contribution >= 0.6 is 0 Å². The molecule has 1 unspecified atom stereocenters. The number of benzene rings is 2. The third-order valence-electron chi connectivity index (χ3n) is 4.02. The third-order valence-corrected chi connectivity index (χ3v) is 4.02. The molecule has 2 amide bonds. The quantitative estimate of drug-likeness (QED) is 0.761. The second-order valence-corrected chi connectivity index (χ2v) is 5.96. The highest BCUT2D eigenvalue weighted by molar-refractivity contribution is 6.04. The van der Waals surface area contributed by atoms with Crippen LogP contribution in [0.5, 0.6) is 0 Å². The molecule has 26 heavy (non-hydrogen) atoms. The van der Waals surface area contributed by atoms with Gasteiger partial charge in [0.05, 0.1) is 13.2 Å². The number of amides is 2. The minimum Gasteiger partial charge on any atom is -0.378 e. The molecular weight excluding hydrogens is 337 g/mol. The summed E-state index contributed by atoms with van der Waals surface area (Å²) in [6.07, 6.45) is 0. The highest BCUT2D eigenvalue weighted by Gasteiger charge is 2.20. The fourth-order valence-electron chi connectivity index (χ4n) is 2.56. The lowest BCUT2D eigenvalue weighted by Gasteiger charge is -2.22. The molecule has 136 valence electrons. The van der Waals surface area contributed by atoms with E-state index in [-0.39, 0.29) is 23.7 Å². The van der Waals surface area contributed by atoms with E-state index in [1.807, 2.05) is 0 Å². The number of nitrogens with one attached hydrogen (secondary N) is 3. The molecule has 0 bridgehead atoms. The Labute approximate surface area is 150 Å². The van der Waals surface area contributed by atoms with Gasteiger partial charge in [0.25, 0.3) is 5.91 Å². The summed E-state index contributed by atoms with van der Waals surface area (Å²) in [4.78, 5) is 24.2. The highest BCUT2D eigenvalue weighted by Crippen LogP contribution is 2.11. The van der Waals surface area contributed by atoms with Gasteiger partial charge in [-0.3, -0.25) is 9.59 Å². The zero-order valence-electron chi connectivity index (χ0n) is 14.1. The summed E-state index contributed by atoms with van der Waals surface area (Å²) in [6.45, 7) is 2.02.